The lowest BCUT2D eigenvalue weighted by molar-refractivity contribution is -0.143. The molecule has 0 fully saturated rings. The molecule has 0 N–H and O–H groups in total. The summed E-state index contributed by atoms with van der Waals surface area (Å²) in [6.07, 6.45) is -0.976. The minimum atomic E-state index is -3.72. The van der Waals surface area contributed by atoms with Crippen molar-refractivity contribution in [3.05, 3.63) is 29.3 Å². The average Bonchev–Trinajstić information content (AvgIpc) is 2.61. The maximum atomic E-state index is 12.9. The predicted molar refractivity (Wildman–Crippen MR) is 113 cm³/mol. The van der Waals surface area contributed by atoms with Gasteiger partial charge in [-0.05, 0) is 59.2 Å². The van der Waals surface area contributed by atoms with E-state index in [0.29, 0.717) is 18.7 Å². The Morgan fingerprint density at radius 3 is 1.97 bits per heavy atom. The second-order valence-electron chi connectivity index (χ2n) is 7.55. The first-order valence-corrected chi connectivity index (χ1v) is 11.5. The summed E-state index contributed by atoms with van der Waals surface area (Å²) in [6, 6.07) is 4.35. The molecule has 7 nitrogen and oxygen atoms in total. The van der Waals surface area contributed by atoms with Gasteiger partial charge in [-0.15, -0.1) is 0 Å². The maximum Gasteiger partial charge on any atom is 0.338 e. The number of carbonyl (C=O) groups excluding carboxylic acids is 2. The van der Waals surface area contributed by atoms with Gasteiger partial charge in [-0.25, -0.2) is 13.2 Å². The molecule has 1 aromatic carbocycles. The van der Waals surface area contributed by atoms with Gasteiger partial charge >= 0.3 is 5.97 Å². The molecule has 29 heavy (non-hydrogen) atoms. The number of nitrogens with zero attached hydrogens (tertiary/aromatic N) is 2. The fourth-order valence-electron chi connectivity index (χ4n) is 3.30. The zero-order valence-corrected chi connectivity index (χ0v) is 19.5. The number of ether oxygens (including phenoxy) is 1. The number of aryl methyl sites for hydroxylation is 1. The smallest absolute Gasteiger partial charge is 0.338 e. The minimum Gasteiger partial charge on any atom is -0.449 e. The molecule has 1 aromatic rings. The van der Waals surface area contributed by atoms with E-state index in [-0.39, 0.29) is 28.4 Å². The number of carbonyl (C=O) groups is 2. The summed E-state index contributed by atoms with van der Waals surface area (Å²) in [5, 5.41) is 0. The standard InChI is InChI=1S/C21H34N2O5S/c1-9-22(10-2)29(26,27)19-13-18(12-11-16(19)7)21(25)28-17(8)20(24)23(14(3)4)15(5)6/h11-15,17H,9-10H2,1-8H3. The van der Waals surface area contributed by atoms with E-state index in [1.54, 1.807) is 31.7 Å². The summed E-state index contributed by atoms with van der Waals surface area (Å²) in [7, 11) is -3.72. The molecular formula is C21H34N2O5S. The molecule has 0 aliphatic rings. The number of esters is 1. The van der Waals surface area contributed by atoms with Crippen molar-refractivity contribution in [1.82, 2.24) is 9.21 Å². The number of hydrogen-bond acceptors (Lipinski definition) is 5. The van der Waals surface area contributed by atoms with Crippen molar-refractivity contribution in [2.24, 2.45) is 0 Å². The van der Waals surface area contributed by atoms with Crippen LogP contribution in [0.5, 0.6) is 0 Å². The van der Waals surface area contributed by atoms with Crippen LogP contribution in [0.15, 0.2) is 23.1 Å². The zero-order valence-electron chi connectivity index (χ0n) is 18.7. The van der Waals surface area contributed by atoms with E-state index in [0.717, 1.165) is 0 Å². The van der Waals surface area contributed by atoms with Crippen molar-refractivity contribution in [3.8, 4) is 0 Å². The van der Waals surface area contributed by atoms with E-state index in [1.165, 1.54) is 23.4 Å². The van der Waals surface area contributed by atoms with Gasteiger partial charge in [-0.2, -0.15) is 4.31 Å². The van der Waals surface area contributed by atoms with Gasteiger partial charge in [0.2, 0.25) is 10.0 Å². The van der Waals surface area contributed by atoms with Gasteiger partial charge in [0.25, 0.3) is 5.91 Å². The number of amides is 1. The summed E-state index contributed by atoms with van der Waals surface area (Å²) in [5.74, 6) is -1.01. The molecule has 0 saturated heterocycles. The largest absolute Gasteiger partial charge is 0.449 e. The SMILES string of the molecule is CCN(CC)S(=O)(=O)c1cc(C(=O)OC(C)C(=O)N(C(C)C)C(C)C)ccc1C. The lowest BCUT2D eigenvalue weighted by Crippen LogP contribution is -2.47. The van der Waals surface area contributed by atoms with E-state index in [1.807, 2.05) is 27.7 Å². The highest BCUT2D eigenvalue weighted by Crippen LogP contribution is 2.22. The Balaban J connectivity index is 3.15. The van der Waals surface area contributed by atoms with Crippen LogP contribution in [0.25, 0.3) is 0 Å². The van der Waals surface area contributed by atoms with Crippen molar-refractivity contribution in [2.75, 3.05) is 13.1 Å². The molecule has 8 heteroatoms. The van der Waals surface area contributed by atoms with Crippen LogP contribution in [0.1, 0.15) is 64.4 Å². The van der Waals surface area contributed by atoms with Gasteiger partial charge in [0.05, 0.1) is 10.5 Å². The Labute approximate surface area is 175 Å². The first-order chi connectivity index (χ1) is 13.4. The molecule has 1 amide bonds. The fourth-order valence-corrected chi connectivity index (χ4v) is 5.01. The van der Waals surface area contributed by atoms with Crippen LogP contribution in [-0.2, 0) is 19.6 Å². The zero-order chi connectivity index (χ0) is 22.5. The van der Waals surface area contributed by atoms with Gasteiger partial charge in [0, 0.05) is 25.2 Å². The van der Waals surface area contributed by atoms with Crippen LogP contribution in [-0.4, -0.2) is 60.8 Å². The Hall–Kier alpha value is -1.93. The van der Waals surface area contributed by atoms with Crippen molar-refractivity contribution in [2.45, 2.75) is 78.5 Å². The van der Waals surface area contributed by atoms with Crippen molar-refractivity contribution in [3.63, 3.8) is 0 Å². The molecule has 0 aromatic heterocycles. The molecule has 0 heterocycles. The normalized spacial score (nSPS) is 13.1. The van der Waals surface area contributed by atoms with Crippen LogP contribution < -0.4 is 0 Å². The second kappa shape index (κ2) is 10.2. The molecule has 1 unspecified atom stereocenters. The molecule has 1 atom stereocenters. The summed E-state index contributed by atoms with van der Waals surface area (Å²) in [4.78, 5) is 27.0. The highest BCUT2D eigenvalue weighted by molar-refractivity contribution is 7.89. The van der Waals surface area contributed by atoms with E-state index < -0.39 is 22.1 Å². The van der Waals surface area contributed by atoms with Crippen LogP contribution in [0, 0.1) is 6.92 Å². The molecule has 0 bridgehead atoms. The fraction of sp³-hybridized carbons (Fsp3) is 0.619. The Kier molecular flexibility index (Phi) is 8.84. The van der Waals surface area contributed by atoms with Gasteiger partial charge in [-0.1, -0.05) is 19.9 Å². The Morgan fingerprint density at radius 1 is 1.00 bits per heavy atom. The van der Waals surface area contributed by atoms with Crippen LogP contribution in [0.2, 0.25) is 0 Å². The topological polar surface area (TPSA) is 84.0 Å². The van der Waals surface area contributed by atoms with Gasteiger partial charge < -0.3 is 9.64 Å². The first kappa shape index (κ1) is 25.1. The average molecular weight is 427 g/mol. The van der Waals surface area contributed by atoms with E-state index in [2.05, 4.69) is 0 Å². The van der Waals surface area contributed by atoms with Crippen molar-refractivity contribution < 1.29 is 22.7 Å². The van der Waals surface area contributed by atoms with E-state index >= 15 is 0 Å². The highest BCUT2D eigenvalue weighted by Gasteiger charge is 2.29. The summed E-state index contributed by atoms with van der Waals surface area (Å²) < 4.78 is 32.4. The van der Waals surface area contributed by atoms with Gasteiger partial charge in [-0.3, -0.25) is 4.79 Å². The molecule has 0 saturated carbocycles. The van der Waals surface area contributed by atoms with E-state index in [9.17, 15) is 18.0 Å². The lowest BCUT2D eigenvalue weighted by Gasteiger charge is -2.32. The molecule has 164 valence electrons. The molecule has 1 rings (SSSR count). The highest BCUT2D eigenvalue weighted by atomic mass is 32.2. The van der Waals surface area contributed by atoms with Gasteiger partial charge in [0.15, 0.2) is 6.10 Å². The number of hydrogen-bond donors (Lipinski definition) is 0. The third kappa shape index (κ3) is 5.79. The monoisotopic (exact) mass is 426 g/mol. The van der Waals surface area contributed by atoms with Crippen molar-refractivity contribution >= 4 is 21.9 Å². The van der Waals surface area contributed by atoms with Crippen LogP contribution in [0.4, 0.5) is 0 Å². The Morgan fingerprint density at radius 2 is 1.52 bits per heavy atom. The quantitative estimate of drug-likeness (QED) is 0.566. The number of benzene rings is 1. The van der Waals surface area contributed by atoms with E-state index in [4.69, 9.17) is 4.74 Å². The molecular weight excluding hydrogens is 392 g/mol. The second-order valence-corrected chi connectivity index (χ2v) is 9.46. The molecule has 0 spiro atoms. The number of rotatable bonds is 9. The van der Waals surface area contributed by atoms with Crippen LogP contribution in [0.3, 0.4) is 0 Å². The molecule has 0 aliphatic heterocycles. The predicted octanol–water partition coefficient (Wildman–Crippen LogP) is 3.22. The third-order valence-corrected chi connectivity index (χ3v) is 6.94. The molecule has 0 radical (unpaired) electrons. The third-order valence-electron chi connectivity index (χ3n) is 4.75. The maximum absolute atomic E-state index is 12.9. The van der Waals surface area contributed by atoms with Crippen LogP contribution >= 0.6 is 0 Å². The van der Waals surface area contributed by atoms with Gasteiger partial charge in [0.1, 0.15) is 0 Å². The lowest BCUT2D eigenvalue weighted by atomic mass is 10.1. The Bertz CT molecular complexity index is 821. The summed E-state index contributed by atoms with van der Waals surface area (Å²) in [5.41, 5.74) is 0.644. The number of sulfonamides is 1. The minimum absolute atomic E-state index is 0.0335. The summed E-state index contributed by atoms with van der Waals surface area (Å²) >= 11 is 0. The first-order valence-electron chi connectivity index (χ1n) is 10.0. The van der Waals surface area contributed by atoms with Crippen molar-refractivity contribution in [1.29, 1.82) is 0 Å². The molecule has 0 aliphatic carbocycles. The summed E-state index contributed by atoms with van der Waals surface area (Å²) in [6.45, 7) is 15.0.